The van der Waals surface area contributed by atoms with Gasteiger partial charge in [0.25, 0.3) is 0 Å². The summed E-state index contributed by atoms with van der Waals surface area (Å²) in [4.78, 5) is 11.3. The maximum Gasteiger partial charge on any atom is 3.00 e. The van der Waals surface area contributed by atoms with Crippen LogP contribution in [0.1, 0.15) is 0 Å². The van der Waals surface area contributed by atoms with E-state index in [9.17, 15) is 4.79 Å². The summed E-state index contributed by atoms with van der Waals surface area (Å²) in [6.45, 7) is 2.83. The Kier molecular flexibility index (Phi) is 22.7. The van der Waals surface area contributed by atoms with Crippen molar-refractivity contribution in [3.63, 3.8) is 0 Å². The number of hydrogen-bond acceptors (Lipinski definition) is 2. The van der Waals surface area contributed by atoms with E-state index in [4.69, 9.17) is 28.0 Å². The molecule has 8 heteroatoms. The molecule has 0 aromatic carbocycles. The van der Waals surface area contributed by atoms with Gasteiger partial charge in [0.05, 0.1) is 0 Å². The maximum atomic E-state index is 9.29. The van der Waals surface area contributed by atoms with Gasteiger partial charge in [-0.05, 0) is 19.6 Å². The van der Waals surface area contributed by atoms with E-state index >= 15 is 0 Å². The number of hydrogen-bond donors (Lipinski definition) is 0. The summed E-state index contributed by atoms with van der Waals surface area (Å²) < 4.78 is 0. The van der Waals surface area contributed by atoms with Crippen LogP contribution in [0.25, 0.3) is 22.9 Å². The summed E-state index contributed by atoms with van der Waals surface area (Å²) in [5.74, 6) is -0.829. The summed E-state index contributed by atoms with van der Waals surface area (Å²) in [6.07, 6.45) is 0. The number of carbonyl (C=O) groups excluding carboxylic acids is 1. The summed E-state index contributed by atoms with van der Waals surface area (Å²) >= 11 is 0. The van der Waals surface area contributed by atoms with Gasteiger partial charge in [-0.3, -0.25) is 0 Å². The Labute approximate surface area is 107 Å². The Balaban J connectivity index is -0.000000242. The minimum absolute atomic E-state index is 0. The number of nitrogens with zero attached hydrogens (tertiary/aromatic N) is 1. The molecule has 0 saturated carbocycles. The third kappa shape index (κ3) is 19.4. The quantitative estimate of drug-likeness (QED) is 0.633. The average Bonchev–Trinajstić information content (AvgIpc) is 2.20. The molecule has 0 heterocycles. The second kappa shape index (κ2) is 17.2. The van der Waals surface area contributed by atoms with Gasteiger partial charge in [0, 0.05) is 11.3 Å². The average molecular weight is 277 g/mol. The van der Waals surface area contributed by atoms with Crippen molar-refractivity contribution in [1.29, 1.82) is 0 Å². The van der Waals surface area contributed by atoms with Crippen molar-refractivity contribution in [2.75, 3.05) is 45.8 Å². The molecular weight excluding hydrogens is 257 g/mol. The molecule has 0 aromatic heterocycles. The molecular formula is C8H20CoN5O2. The van der Waals surface area contributed by atoms with Crippen LogP contribution >= 0.6 is 0 Å². The van der Waals surface area contributed by atoms with Gasteiger partial charge in [-0.2, -0.15) is 0 Å². The Morgan fingerprint density at radius 3 is 1.31 bits per heavy atom. The van der Waals surface area contributed by atoms with Crippen LogP contribution in [0.3, 0.4) is 0 Å². The molecule has 7 nitrogen and oxygen atoms in total. The van der Waals surface area contributed by atoms with Crippen LogP contribution in [0.2, 0.25) is 0 Å². The van der Waals surface area contributed by atoms with Crippen LogP contribution in [0.15, 0.2) is 0 Å². The smallest absolute Gasteiger partial charge is 0.676 e. The predicted molar refractivity (Wildman–Crippen MR) is 61.8 cm³/mol. The van der Waals surface area contributed by atoms with Gasteiger partial charge in [0.2, 0.25) is 0 Å². The fourth-order valence-corrected chi connectivity index (χ4v) is 0.810. The van der Waals surface area contributed by atoms with Crippen molar-refractivity contribution in [2.45, 2.75) is 0 Å². The van der Waals surface area contributed by atoms with Gasteiger partial charge >= 0.3 is 22.7 Å². The second-order valence-corrected chi connectivity index (χ2v) is 2.69. The first-order valence-electron chi connectivity index (χ1n) is 4.67. The van der Waals surface area contributed by atoms with E-state index in [1.165, 1.54) is 0 Å². The van der Waals surface area contributed by atoms with E-state index in [-0.39, 0.29) is 16.8 Å². The Morgan fingerprint density at radius 2 is 1.19 bits per heavy atom. The zero-order chi connectivity index (χ0) is 12.1. The first-order valence-corrected chi connectivity index (χ1v) is 4.67. The van der Waals surface area contributed by atoms with Crippen LogP contribution in [0.5, 0.6) is 0 Å². The number of nitrogens with one attached hydrogen (secondary N) is 4. The Morgan fingerprint density at radius 1 is 0.938 bits per heavy atom. The Hall–Kier alpha value is -0.224. The van der Waals surface area contributed by atoms with Gasteiger partial charge in [0.1, 0.15) is 0 Å². The predicted octanol–water partition coefficient (Wildman–Crippen LogP) is 0.732. The van der Waals surface area contributed by atoms with Gasteiger partial charge in [-0.25, -0.2) is 0 Å². The molecule has 0 bridgehead atoms. The molecule has 0 amide bonds. The van der Waals surface area contributed by atoms with Gasteiger partial charge in [-0.1, -0.05) is 0 Å². The van der Waals surface area contributed by atoms with Crippen LogP contribution in [-0.4, -0.2) is 61.8 Å². The van der Waals surface area contributed by atoms with Crippen molar-refractivity contribution in [2.24, 2.45) is 0 Å². The fourth-order valence-electron chi connectivity index (χ4n) is 0.810. The van der Waals surface area contributed by atoms with Crippen molar-refractivity contribution in [3.8, 4) is 0 Å². The molecule has 0 radical (unpaired) electrons. The molecule has 0 spiro atoms. The summed E-state index contributed by atoms with van der Waals surface area (Å²) in [5, 5.41) is 6.00. The van der Waals surface area contributed by atoms with E-state index in [1.807, 2.05) is 4.90 Å². The van der Waals surface area contributed by atoms with Crippen molar-refractivity contribution in [1.82, 2.24) is 4.90 Å². The third-order valence-electron chi connectivity index (χ3n) is 1.44. The minimum Gasteiger partial charge on any atom is -0.676 e. The summed E-state index contributed by atoms with van der Waals surface area (Å²) in [5.41, 5.74) is 26.9. The zero-order valence-corrected chi connectivity index (χ0v) is 10.2. The summed E-state index contributed by atoms with van der Waals surface area (Å²) in [6, 6.07) is 0. The van der Waals surface area contributed by atoms with E-state index in [0.29, 0.717) is 39.3 Å². The molecule has 0 aromatic rings. The van der Waals surface area contributed by atoms with E-state index in [0.717, 1.165) is 0 Å². The van der Waals surface area contributed by atoms with Crippen LogP contribution in [0.4, 0.5) is 0 Å². The maximum absolute atomic E-state index is 9.29. The SMILES string of the molecule is [Co+3].[NH-]CC(=O)[OH2+].[NH-]CCN(CC[NH-])CC[NH-]. The Bertz CT molecular complexity index is 136. The zero-order valence-electron chi connectivity index (χ0n) is 9.14. The van der Waals surface area contributed by atoms with E-state index in [1.54, 1.807) is 0 Å². The topological polar surface area (TPSA) is 138 Å². The molecule has 0 aliphatic rings. The molecule has 0 rings (SSSR count). The van der Waals surface area contributed by atoms with Gasteiger partial charge in [0.15, 0.2) is 0 Å². The van der Waals surface area contributed by atoms with E-state index in [2.05, 4.69) is 0 Å². The molecule has 16 heavy (non-hydrogen) atoms. The minimum atomic E-state index is -0.829. The first kappa shape index (κ1) is 21.1. The monoisotopic (exact) mass is 277 g/mol. The molecule has 0 aliphatic heterocycles. The third-order valence-corrected chi connectivity index (χ3v) is 1.44. The standard InChI is InChI=1S/C6H15N4.C2H4NO2.Co/c7-1-4-10(5-2-8)6-3-9;3-1-2(4)5;/h7-9H,1-6H2;3H,1H2,(H,4,5);/q-3;-1;+3/p+1. The molecule has 6 N–H and O–H groups in total. The molecule has 0 unspecified atom stereocenters. The van der Waals surface area contributed by atoms with Crippen molar-refractivity contribution in [3.05, 3.63) is 22.9 Å². The van der Waals surface area contributed by atoms with Crippen LogP contribution in [0, 0.1) is 0 Å². The summed E-state index contributed by atoms with van der Waals surface area (Å²) in [7, 11) is 0. The molecule has 0 atom stereocenters. The molecule has 0 saturated heterocycles. The second-order valence-electron chi connectivity index (χ2n) is 2.69. The van der Waals surface area contributed by atoms with Gasteiger partial charge in [-0.15, -0.1) is 19.6 Å². The fraction of sp³-hybridized carbons (Fsp3) is 0.875. The van der Waals surface area contributed by atoms with Crippen molar-refractivity contribution < 1.29 is 26.7 Å². The molecule has 0 fully saturated rings. The van der Waals surface area contributed by atoms with Crippen LogP contribution < -0.4 is 0 Å². The first-order chi connectivity index (χ1) is 7.12. The molecule has 98 valence electrons. The van der Waals surface area contributed by atoms with Crippen molar-refractivity contribution >= 4 is 5.97 Å². The largest absolute Gasteiger partial charge is 3.00 e. The van der Waals surface area contributed by atoms with Crippen LogP contribution in [-0.2, 0) is 21.6 Å². The number of carbonyl (C=O) groups is 1. The van der Waals surface area contributed by atoms with Gasteiger partial charge < -0.3 is 32.9 Å². The normalized spacial score (nSPS) is 9.06. The molecule has 0 aliphatic carbocycles. The van der Waals surface area contributed by atoms with E-state index < -0.39 is 12.5 Å². The number of rotatable bonds is 7.